The predicted molar refractivity (Wildman–Crippen MR) is 228 cm³/mol. The average Bonchev–Trinajstić information content (AvgIpc) is 3.17. The molecule has 54 heavy (non-hydrogen) atoms. The number of carbonyl (C=O) groups is 2. The molecule has 0 aliphatic heterocycles. The molecule has 1 saturated carbocycles. The van der Waals surface area contributed by atoms with Crippen molar-refractivity contribution in [3.05, 3.63) is 58.9 Å². The molecular formula is C48H77N2O4+. The Morgan fingerprint density at radius 3 is 1.46 bits per heavy atom. The Kier molecular flexibility index (Phi) is 22.3. The number of allylic oxidation sites excluding steroid dienone is 4. The largest absolute Gasteiger partial charge is 0.508 e. The summed E-state index contributed by atoms with van der Waals surface area (Å²) in [5.74, 6) is -1.74. The van der Waals surface area contributed by atoms with Gasteiger partial charge in [0.1, 0.15) is 30.5 Å². The Bertz CT molecular complexity index is 1350. The number of aliphatic hydroxyl groups is 1. The van der Waals surface area contributed by atoms with Gasteiger partial charge in [0.25, 0.3) is 0 Å². The number of aromatic hydroxyl groups is 1. The molecule has 2 aliphatic rings. The van der Waals surface area contributed by atoms with Crippen molar-refractivity contribution >= 4 is 23.0 Å². The Hall–Kier alpha value is -3.15. The highest BCUT2D eigenvalue weighted by Gasteiger charge is 2.48. The van der Waals surface area contributed by atoms with E-state index in [1.54, 1.807) is 24.3 Å². The zero-order chi connectivity index (χ0) is 39.0. The molecule has 0 spiro atoms. The molecule has 0 bridgehead atoms. The van der Waals surface area contributed by atoms with Gasteiger partial charge in [0.05, 0.1) is 11.6 Å². The SMILES string of the molecule is CCCCCCCCN(CCCCCCCC)c1ccc(C2C(=O)C(=C3C=CC(=[N+](CCCCCCCC)CCCCCCCC)C=C3O)C2=O)c(O)c1. The van der Waals surface area contributed by atoms with Crippen molar-refractivity contribution in [1.29, 1.82) is 0 Å². The van der Waals surface area contributed by atoms with E-state index in [2.05, 4.69) is 37.2 Å². The van der Waals surface area contributed by atoms with Gasteiger partial charge >= 0.3 is 0 Å². The smallest absolute Gasteiger partial charge is 0.203 e. The molecule has 0 heterocycles. The first-order valence-electron chi connectivity index (χ1n) is 22.5. The van der Waals surface area contributed by atoms with Gasteiger partial charge in [-0.25, -0.2) is 4.58 Å². The van der Waals surface area contributed by atoms with Crippen LogP contribution in [-0.2, 0) is 9.59 Å². The Morgan fingerprint density at radius 1 is 0.574 bits per heavy atom. The molecule has 0 amide bonds. The summed E-state index contributed by atoms with van der Waals surface area (Å²) in [6.45, 7) is 12.7. The maximum Gasteiger partial charge on any atom is 0.203 e. The summed E-state index contributed by atoms with van der Waals surface area (Å²) in [7, 11) is 0. The minimum absolute atomic E-state index is 0.00579. The van der Waals surface area contributed by atoms with Crippen LogP contribution >= 0.6 is 0 Å². The van der Waals surface area contributed by atoms with Crippen LogP contribution in [0, 0.1) is 0 Å². The maximum atomic E-state index is 13.6. The first-order valence-corrected chi connectivity index (χ1v) is 22.5. The number of nitrogens with zero attached hydrogens (tertiary/aromatic N) is 2. The molecule has 6 heteroatoms. The molecule has 1 aromatic rings. The highest BCUT2D eigenvalue weighted by atomic mass is 16.3. The van der Waals surface area contributed by atoms with Gasteiger partial charge in [-0.15, -0.1) is 0 Å². The fourth-order valence-corrected chi connectivity index (χ4v) is 7.97. The minimum Gasteiger partial charge on any atom is -0.508 e. The number of rotatable bonds is 30. The van der Waals surface area contributed by atoms with E-state index in [1.165, 1.54) is 128 Å². The van der Waals surface area contributed by atoms with Crippen molar-refractivity contribution in [1.82, 2.24) is 0 Å². The summed E-state index contributed by atoms with van der Waals surface area (Å²) in [6.07, 6.45) is 34.9. The van der Waals surface area contributed by atoms with Crippen LogP contribution in [0.3, 0.4) is 0 Å². The zero-order valence-electron chi connectivity index (χ0n) is 34.9. The fourth-order valence-electron chi connectivity index (χ4n) is 7.97. The van der Waals surface area contributed by atoms with E-state index in [-0.39, 0.29) is 28.6 Å². The first-order chi connectivity index (χ1) is 26.4. The summed E-state index contributed by atoms with van der Waals surface area (Å²) in [5, 5.41) is 22.4. The molecule has 0 radical (unpaired) electrons. The number of ketones is 2. The van der Waals surface area contributed by atoms with Crippen molar-refractivity contribution in [3.8, 4) is 5.75 Å². The minimum atomic E-state index is -1.03. The fraction of sp³-hybridized carbons (Fsp3) is 0.688. The van der Waals surface area contributed by atoms with Crippen LogP contribution in [-0.4, -0.2) is 58.2 Å². The highest BCUT2D eigenvalue weighted by Crippen LogP contribution is 2.42. The van der Waals surface area contributed by atoms with Crippen LogP contribution in [0.25, 0.3) is 0 Å². The van der Waals surface area contributed by atoms with Crippen molar-refractivity contribution < 1.29 is 24.4 Å². The Labute approximate surface area is 329 Å². The lowest BCUT2D eigenvalue weighted by Crippen LogP contribution is -2.40. The van der Waals surface area contributed by atoms with E-state index >= 15 is 0 Å². The molecule has 6 nitrogen and oxygen atoms in total. The second-order valence-corrected chi connectivity index (χ2v) is 16.0. The lowest BCUT2D eigenvalue weighted by molar-refractivity contribution is -0.527. The molecule has 3 rings (SSSR count). The number of carbonyl (C=O) groups excluding carboxylic acids is 2. The van der Waals surface area contributed by atoms with E-state index in [0.29, 0.717) is 11.1 Å². The van der Waals surface area contributed by atoms with Crippen LogP contribution in [0.1, 0.15) is 193 Å². The second-order valence-electron chi connectivity index (χ2n) is 16.0. The van der Waals surface area contributed by atoms with E-state index in [4.69, 9.17) is 0 Å². The number of phenols is 1. The standard InChI is InChI=1S/C48H76N2O4/c1-5-9-13-17-21-25-33-49(34-26-22-18-14-10-6-2)39-29-31-41(43(51)37-39)45-47(53)46(48(45)54)42-32-30-40(38-44(42)52)50(35-27-23-19-15-11-7-3)36-28-24-20-16-12-8-4/h29-32,37-38,45,51H,5-28,33-36H2,1-4H3/p+1. The predicted octanol–water partition coefficient (Wildman–Crippen LogP) is 12.6. The maximum absolute atomic E-state index is 13.6. The average molecular weight is 746 g/mol. The third-order valence-electron chi connectivity index (χ3n) is 11.4. The molecule has 2 aliphatic carbocycles. The molecular weight excluding hydrogens is 669 g/mol. The number of Topliss-reactive ketones (excluding diaryl/α,β-unsaturated/α-hetero) is 2. The van der Waals surface area contributed by atoms with Crippen LogP contribution in [0.4, 0.5) is 5.69 Å². The van der Waals surface area contributed by atoms with Gasteiger partial charge in [-0.05, 0) is 37.8 Å². The Morgan fingerprint density at radius 2 is 1.02 bits per heavy atom. The summed E-state index contributed by atoms with van der Waals surface area (Å²) in [4.78, 5) is 29.6. The van der Waals surface area contributed by atoms with Crippen LogP contribution in [0.15, 0.2) is 53.3 Å². The van der Waals surface area contributed by atoms with Crippen molar-refractivity contribution in [2.75, 3.05) is 31.1 Å². The van der Waals surface area contributed by atoms with Crippen LogP contribution < -0.4 is 4.90 Å². The summed E-state index contributed by atoms with van der Waals surface area (Å²) >= 11 is 0. The molecule has 302 valence electrons. The number of phenolic OH excluding ortho intramolecular Hbond substituents is 1. The van der Waals surface area contributed by atoms with Gasteiger partial charge in [-0.2, -0.15) is 0 Å². The monoisotopic (exact) mass is 746 g/mol. The quantitative estimate of drug-likeness (QED) is 0.0269. The normalized spacial score (nSPS) is 15.6. The first kappa shape index (κ1) is 45.2. The molecule has 0 aromatic heterocycles. The van der Waals surface area contributed by atoms with Gasteiger partial charge in [0.15, 0.2) is 11.6 Å². The number of aliphatic hydroxyl groups excluding tert-OH is 1. The number of hydrogen-bond donors (Lipinski definition) is 2. The molecule has 0 saturated heterocycles. The molecule has 1 fully saturated rings. The van der Waals surface area contributed by atoms with Crippen LogP contribution in [0.2, 0.25) is 0 Å². The summed E-state index contributed by atoms with van der Waals surface area (Å²) in [6, 6.07) is 5.48. The van der Waals surface area contributed by atoms with Crippen LogP contribution in [0.5, 0.6) is 5.75 Å². The third-order valence-corrected chi connectivity index (χ3v) is 11.4. The van der Waals surface area contributed by atoms with E-state index in [9.17, 15) is 19.8 Å². The van der Waals surface area contributed by atoms with Gasteiger partial charge in [0, 0.05) is 54.9 Å². The van der Waals surface area contributed by atoms with Gasteiger partial charge in [0.2, 0.25) is 5.71 Å². The van der Waals surface area contributed by atoms with E-state index in [0.717, 1.165) is 63.3 Å². The number of anilines is 1. The van der Waals surface area contributed by atoms with E-state index in [1.807, 2.05) is 12.1 Å². The van der Waals surface area contributed by atoms with Crippen molar-refractivity contribution in [2.45, 2.75) is 188 Å². The van der Waals surface area contributed by atoms with Crippen molar-refractivity contribution in [3.63, 3.8) is 0 Å². The zero-order valence-corrected chi connectivity index (χ0v) is 34.9. The summed E-state index contributed by atoms with van der Waals surface area (Å²) in [5.41, 5.74) is 2.58. The molecule has 2 N–H and O–H groups in total. The van der Waals surface area contributed by atoms with E-state index < -0.39 is 5.92 Å². The Balaban J connectivity index is 1.71. The van der Waals surface area contributed by atoms with Crippen molar-refractivity contribution in [2.24, 2.45) is 0 Å². The topological polar surface area (TPSA) is 80.8 Å². The molecule has 0 atom stereocenters. The summed E-state index contributed by atoms with van der Waals surface area (Å²) < 4.78 is 2.36. The van der Waals surface area contributed by atoms with Gasteiger partial charge in [-0.1, -0.05) is 149 Å². The number of unbranched alkanes of at least 4 members (excludes halogenated alkanes) is 20. The molecule has 1 aromatic carbocycles. The second kappa shape index (κ2) is 26.6. The number of hydrogen-bond acceptors (Lipinski definition) is 5. The third kappa shape index (κ3) is 14.8. The highest BCUT2D eigenvalue weighted by molar-refractivity contribution is 6.42. The lowest BCUT2D eigenvalue weighted by atomic mass is 9.70. The lowest BCUT2D eigenvalue weighted by Gasteiger charge is -2.30. The van der Waals surface area contributed by atoms with Gasteiger partial charge in [-0.3, -0.25) is 9.59 Å². The number of benzene rings is 1. The van der Waals surface area contributed by atoms with Gasteiger partial charge < -0.3 is 15.1 Å². The molecule has 0 unspecified atom stereocenters.